The number of carbonyl (C=O) groups is 2. The van der Waals surface area contributed by atoms with Gasteiger partial charge < -0.3 is 14.4 Å². The number of morpholine rings is 1. The van der Waals surface area contributed by atoms with Gasteiger partial charge in [-0.2, -0.15) is 11.3 Å². The van der Waals surface area contributed by atoms with Crippen LogP contribution in [0.2, 0.25) is 0 Å². The molecule has 1 aliphatic rings. The molecule has 0 radical (unpaired) electrons. The number of nitrogens with zero attached hydrogens (tertiary/aromatic N) is 2. The molecule has 2 unspecified atom stereocenters. The lowest BCUT2D eigenvalue weighted by atomic mass is 10.2. The molecule has 6 nitrogen and oxygen atoms in total. The van der Waals surface area contributed by atoms with E-state index >= 15 is 0 Å². The van der Waals surface area contributed by atoms with Gasteiger partial charge in [0, 0.05) is 29.4 Å². The van der Waals surface area contributed by atoms with Gasteiger partial charge in [0.2, 0.25) is 0 Å². The Morgan fingerprint density at radius 2 is 2.08 bits per heavy atom. The quantitative estimate of drug-likeness (QED) is 0.778. The molecule has 2 aromatic rings. The number of aromatic nitrogens is 1. The minimum atomic E-state index is -0.574. The minimum Gasteiger partial charge on any atom is -0.451 e. The first kappa shape index (κ1) is 17.1. The van der Waals surface area contributed by atoms with Gasteiger partial charge in [0.15, 0.2) is 12.3 Å². The number of ether oxygens (including phenoxy) is 2. The van der Waals surface area contributed by atoms with E-state index in [1.165, 1.54) is 11.3 Å². The summed E-state index contributed by atoms with van der Waals surface area (Å²) in [7, 11) is 0. The van der Waals surface area contributed by atoms with E-state index in [0.29, 0.717) is 13.1 Å². The third-order valence-corrected chi connectivity index (χ3v) is 5.16. The van der Waals surface area contributed by atoms with Gasteiger partial charge in [0.05, 0.1) is 12.2 Å². The molecule has 8 heteroatoms. The zero-order valence-corrected chi connectivity index (χ0v) is 15.1. The molecule has 1 amide bonds. The molecule has 1 saturated heterocycles. The van der Waals surface area contributed by atoms with Gasteiger partial charge in [-0.1, -0.05) is 0 Å². The van der Waals surface area contributed by atoms with Crippen LogP contribution in [0.15, 0.2) is 22.2 Å². The van der Waals surface area contributed by atoms with Crippen molar-refractivity contribution in [3.63, 3.8) is 0 Å². The second-order valence-corrected chi connectivity index (χ2v) is 7.32. The van der Waals surface area contributed by atoms with Gasteiger partial charge in [-0.3, -0.25) is 4.79 Å². The van der Waals surface area contributed by atoms with E-state index < -0.39 is 5.97 Å². The summed E-state index contributed by atoms with van der Waals surface area (Å²) in [6.07, 6.45) is -0.0276. The molecule has 0 bridgehead atoms. The summed E-state index contributed by atoms with van der Waals surface area (Å²) in [6, 6.07) is 1.95. The molecule has 24 heavy (non-hydrogen) atoms. The van der Waals surface area contributed by atoms with Crippen molar-refractivity contribution in [2.24, 2.45) is 0 Å². The number of hydrogen-bond donors (Lipinski definition) is 0. The Morgan fingerprint density at radius 1 is 1.33 bits per heavy atom. The summed E-state index contributed by atoms with van der Waals surface area (Å²) >= 11 is 2.95. The Hall–Kier alpha value is -1.77. The predicted octanol–water partition coefficient (Wildman–Crippen LogP) is 2.66. The lowest BCUT2D eigenvalue weighted by Crippen LogP contribution is -2.49. The van der Waals surface area contributed by atoms with Crippen molar-refractivity contribution >= 4 is 34.6 Å². The van der Waals surface area contributed by atoms with Crippen LogP contribution in [-0.2, 0) is 14.3 Å². The molecule has 1 fully saturated rings. The average Bonchev–Trinajstić information content (AvgIpc) is 3.21. The summed E-state index contributed by atoms with van der Waals surface area (Å²) in [5.41, 5.74) is 1.22. The number of carbonyl (C=O) groups excluding carboxylic acids is 2. The largest absolute Gasteiger partial charge is 0.451 e. The number of thiazole rings is 1. The van der Waals surface area contributed by atoms with Gasteiger partial charge >= 0.3 is 5.97 Å². The molecular formula is C16H18N2O4S2. The molecule has 3 heterocycles. The van der Waals surface area contributed by atoms with Crippen molar-refractivity contribution in [3.05, 3.63) is 27.9 Å². The van der Waals surface area contributed by atoms with Crippen molar-refractivity contribution in [1.82, 2.24) is 9.88 Å². The van der Waals surface area contributed by atoms with Crippen molar-refractivity contribution in [3.8, 4) is 10.6 Å². The molecule has 0 aromatic carbocycles. The van der Waals surface area contributed by atoms with Crippen molar-refractivity contribution < 1.29 is 19.1 Å². The summed E-state index contributed by atoms with van der Waals surface area (Å²) in [6.45, 7) is 4.59. The van der Waals surface area contributed by atoms with Crippen LogP contribution in [0, 0.1) is 0 Å². The molecular weight excluding hydrogens is 348 g/mol. The van der Waals surface area contributed by atoms with E-state index in [1.54, 1.807) is 21.6 Å². The van der Waals surface area contributed by atoms with Crippen LogP contribution >= 0.6 is 22.7 Å². The molecule has 1 aliphatic heterocycles. The third-order valence-electron chi connectivity index (χ3n) is 3.58. The van der Waals surface area contributed by atoms with Gasteiger partial charge in [0.25, 0.3) is 5.91 Å². The van der Waals surface area contributed by atoms with Crippen molar-refractivity contribution in [2.45, 2.75) is 26.1 Å². The van der Waals surface area contributed by atoms with Gasteiger partial charge in [-0.15, -0.1) is 11.3 Å². The Bertz CT molecular complexity index is 703. The standard InChI is InChI=1S/C16H18N2O4S2/c1-10-5-18(6-11(2)22-10)14(19)7-21-16(20)13-9-24-15(17-13)12-3-4-23-8-12/h3-4,8-11H,5-7H2,1-2H3. The lowest BCUT2D eigenvalue weighted by Gasteiger charge is -2.35. The van der Waals surface area contributed by atoms with Gasteiger partial charge in [-0.25, -0.2) is 9.78 Å². The molecule has 0 aliphatic carbocycles. The highest BCUT2D eigenvalue weighted by Gasteiger charge is 2.26. The van der Waals surface area contributed by atoms with Crippen LogP contribution in [0.1, 0.15) is 24.3 Å². The summed E-state index contributed by atoms with van der Waals surface area (Å²) < 4.78 is 10.7. The summed E-state index contributed by atoms with van der Waals surface area (Å²) in [4.78, 5) is 30.2. The molecule has 3 rings (SSSR count). The van der Waals surface area contributed by atoms with E-state index in [4.69, 9.17) is 9.47 Å². The van der Waals surface area contributed by atoms with Gasteiger partial charge in [0.1, 0.15) is 5.01 Å². The fraction of sp³-hybridized carbons (Fsp3) is 0.438. The first-order valence-electron chi connectivity index (χ1n) is 7.61. The first-order valence-corrected chi connectivity index (χ1v) is 9.43. The van der Waals surface area contributed by atoms with Crippen LogP contribution in [0.5, 0.6) is 0 Å². The van der Waals surface area contributed by atoms with E-state index in [-0.39, 0.29) is 30.4 Å². The SMILES string of the molecule is CC1CN(C(=O)COC(=O)c2csc(-c3ccsc3)n2)CC(C)O1. The van der Waals surface area contributed by atoms with Crippen LogP contribution in [-0.4, -0.2) is 53.7 Å². The molecule has 0 saturated carbocycles. The smallest absolute Gasteiger partial charge is 0.358 e. The third kappa shape index (κ3) is 4.00. The van der Waals surface area contributed by atoms with Crippen LogP contribution in [0.3, 0.4) is 0 Å². The Labute approximate surface area is 148 Å². The topological polar surface area (TPSA) is 68.7 Å². The van der Waals surface area contributed by atoms with E-state index in [0.717, 1.165) is 10.6 Å². The van der Waals surface area contributed by atoms with Crippen molar-refractivity contribution in [1.29, 1.82) is 0 Å². The fourth-order valence-electron chi connectivity index (χ4n) is 2.56. The number of amides is 1. The Balaban J connectivity index is 1.54. The molecule has 0 N–H and O–H groups in total. The summed E-state index contributed by atoms with van der Waals surface area (Å²) in [5.74, 6) is -0.783. The maximum Gasteiger partial charge on any atom is 0.358 e. The average molecular weight is 366 g/mol. The van der Waals surface area contributed by atoms with Gasteiger partial charge in [-0.05, 0) is 25.3 Å². The highest BCUT2D eigenvalue weighted by Crippen LogP contribution is 2.25. The van der Waals surface area contributed by atoms with E-state index in [1.807, 2.05) is 30.7 Å². The highest BCUT2D eigenvalue weighted by molar-refractivity contribution is 7.14. The fourth-order valence-corrected chi connectivity index (χ4v) is 4.06. The Morgan fingerprint density at radius 3 is 2.75 bits per heavy atom. The van der Waals surface area contributed by atoms with Crippen LogP contribution < -0.4 is 0 Å². The van der Waals surface area contributed by atoms with E-state index in [2.05, 4.69) is 4.98 Å². The monoisotopic (exact) mass is 366 g/mol. The van der Waals surface area contributed by atoms with Crippen LogP contribution in [0.25, 0.3) is 10.6 Å². The highest BCUT2D eigenvalue weighted by atomic mass is 32.1. The maximum absolute atomic E-state index is 12.2. The van der Waals surface area contributed by atoms with Crippen molar-refractivity contribution in [2.75, 3.05) is 19.7 Å². The maximum atomic E-state index is 12.2. The molecule has 0 spiro atoms. The molecule has 128 valence electrons. The predicted molar refractivity (Wildman–Crippen MR) is 92.3 cm³/mol. The normalized spacial score (nSPS) is 20.8. The molecule has 2 atom stereocenters. The number of hydrogen-bond acceptors (Lipinski definition) is 7. The zero-order valence-electron chi connectivity index (χ0n) is 13.4. The number of esters is 1. The lowest BCUT2D eigenvalue weighted by molar-refractivity contribution is -0.146. The number of thiophene rings is 1. The second kappa shape index (κ2) is 7.42. The molecule has 2 aromatic heterocycles. The zero-order chi connectivity index (χ0) is 17.1. The first-order chi connectivity index (χ1) is 11.5. The number of rotatable bonds is 4. The van der Waals surface area contributed by atoms with E-state index in [9.17, 15) is 9.59 Å². The summed E-state index contributed by atoms with van der Waals surface area (Å²) in [5, 5.41) is 6.35. The second-order valence-electron chi connectivity index (χ2n) is 5.68. The Kier molecular flexibility index (Phi) is 5.27. The van der Waals surface area contributed by atoms with Crippen LogP contribution in [0.4, 0.5) is 0 Å². The minimum absolute atomic E-state index is 0.0138.